The number of halogens is 3. The number of fused-ring (bicyclic) bond motifs is 1. The van der Waals surface area contributed by atoms with Gasteiger partial charge in [-0.1, -0.05) is 11.6 Å². The van der Waals surface area contributed by atoms with E-state index in [1.165, 1.54) is 4.57 Å². The summed E-state index contributed by atoms with van der Waals surface area (Å²) in [5.74, 6) is 0.608. The minimum Gasteiger partial charge on any atom is -0.347 e. The summed E-state index contributed by atoms with van der Waals surface area (Å²) >= 11 is 0. The Morgan fingerprint density at radius 3 is 2.53 bits per heavy atom. The van der Waals surface area contributed by atoms with Crippen LogP contribution in [0.2, 0.25) is 0 Å². The molecule has 0 bridgehead atoms. The number of rotatable bonds is 5. The first-order valence-corrected chi connectivity index (χ1v) is 10.6. The van der Waals surface area contributed by atoms with E-state index in [9.17, 15) is 18.0 Å². The number of alkyl halides is 3. The molecule has 0 amide bonds. The quantitative estimate of drug-likeness (QED) is 0.597. The van der Waals surface area contributed by atoms with Gasteiger partial charge in [0, 0.05) is 62.6 Å². The topological polar surface area (TPSA) is 54.3 Å². The van der Waals surface area contributed by atoms with Crippen molar-refractivity contribution in [1.29, 1.82) is 0 Å². The van der Waals surface area contributed by atoms with Crippen molar-refractivity contribution in [3.05, 3.63) is 63.7 Å². The first kappa shape index (κ1) is 22.3. The van der Waals surface area contributed by atoms with Crippen LogP contribution in [-0.2, 0) is 19.3 Å². The van der Waals surface area contributed by atoms with Gasteiger partial charge in [0.05, 0.1) is 5.52 Å². The lowest BCUT2D eigenvalue weighted by atomic mass is 10.1. The van der Waals surface area contributed by atoms with E-state index in [4.69, 9.17) is 0 Å². The fraction of sp³-hybridized carbons (Fsp3) is 0.435. The van der Waals surface area contributed by atoms with Gasteiger partial charge in [0.25, 0.3) is 0 Å². The Balaban J connectivity index is 1.67. The van der Waals surface area contributed by atoms with Gasteiger partial charge in [-0.05, 0) is 38.4 Å². The highest BCUT2D eigenvalue weighted by Gasteiger charge is 2.36. The summed E-state index contributed by atoms with van der Waals surface area (Å²) in [6.07, 6.45) is 0.595. The Labute approximate surface area is 184 Å². The average Bonchev–Trinajstić information content (AvgIpc) is 3.16. The predicted octanol–water partition coefficient (Wildman–Crippen LogP) is 3.85. The van der Waals surface area contributed by atoms with Crippen LogP contribution < -0.4 is 10.3 Å². The molecule has 1 saturated heterocycles. The van der Waals surface area contributed by atoms with Gasteiger partial charge >= 0.3 is 6.18 Å². The third-order valence-electron chi connectivity index (χ3n) is 5.93. The van der Waals surface area contributed by atoms with Crippen LogP contribution in [0.5, 0.6) is 0 Å². The standard InChI is InChI=1S/C23H26F3N5O/c1-15-6-7-19-18(9-15)20(32)10-21(23(24,25)26)31(19)14-17-5-4-8-30(17)13-16-11-27-22(28-12-16)29(2)3/h6-7,9-12,17H,4-5,8,13-14H2,1-3H3/t17-/m0/s1. The summed E-state index contributed by atoms with van der Waals surface area (Å²) in [7, 11) is 3.72. The highest BCUT2D eigenvalue weighted by molar-refractivity contribution is 5.80. The third-order valence-corrected chi connectivity index (χ3v) is 5.93. The number of pyridine rings is 1. The van der Waals surface area contributed by atoms with Crippen LogP contribution in [0, 0.1) is 6.92 Å². The van der Waals surface area contributed by atoms with Gasteiger partial charge in [-0.3, -0.25) is 9.69 Å². The molecule has 6 nitrogen and oxygen atoms in total. The maximum atomic E-state index is 13.9. The van der Waals surface area contributed by atoms with E-state index >= 15 is 0 Å². The van der Waals surface area contributed by atoms with Gasteiger partial charge in [-0.25, -0.2) is 9.97 Å². The molecule has 0 unspecified atom stereocenters. The molecule has 0 radical (unpaired) electrons. The Morgan fingerprint density at radius 1 is 1.16 bits per heavy atom. The Bertz CT molecular complexity index is 1170. The van der Waals surface area contributed by atoms with E-state index in [-0.39, 0.29) is 12.6 Å². The zero-order valence-electron chi connectivity index (χ0n) is 18.4. The molecule has 1 fully saturated rings. The Hall–Kier alpha value is -2.94. The van der Waals surface area contributed by atoms with Crippen LogP contribution in [-0.4, -0.2) is 46.1 Å². The van der Waals surface area contributed by atoms with Crippen molar-refractivity contribution in [2.24, 2.45) is 0 Å². The van der Waals surface area contributed by atoms with E-state index in [1.807, 2.05) is 25.9 Å². The molecule has 0 saturated carbocycles. The number of hydrogen-bond acceptors (Lipinski definition) is 5. The summed E-state index contributed by atoms with van der Waals surface area (Å²) in [5.41, 5.74) is 0.572. The second-order valence-electron chi connectivity index (χ2n) is 8.58. The van der Waals surface area contributed by atoms with Crippen molar-refractivity contribution in [1.82, 2.24) is 19.4 Å². The second-order valence-corrected chi connectivity index (χ2v) is 8.58. The molecule has 1 aromatic carbocycles. The molecule has 0 aliphatic carbocycles. The molecule has 3 aromatic rings. The van der Waals surface area contributed by atoms with E-state index < -0.39 is 17.3 Å². The first-order chi connectivity index (χ1) is 15.1. The molecule has 0 spiro atoms. The minimum absolute atomic E-state index is 0.0865. The first-order valence-electron chi connectivity index (χ1n) is 10.6. The van der Waals surface area contributed by atoms with Crippen molar-refractivity contribution in [2.75, 3.05) is 25.5 Å². The number of aryl methyl sites for hydroxylation is 1. The van der Waals surface area contributed by atoms with Gasteiger partial charge in [0.15, 0.2) is 5.43 Å². The monoisotopic (exact) mass is 445 g/mol. The third kappa shape index (κ3) is 4.48. The SMILES string of the molecule is Cc1ccc2c(c1)c(=O)cc(C(F)(F)F)n2C[C@@H]1CCCN1Cc1cnc(N(C)C)nc1. The number of benzene rings is 1. The second kappa shape index (κ2) is 8.54. The van der Waals surface area contributed by atoms with Crippen LogP contribution >= 0.6 is 0 Å². The number of aromatic nitrogens is 3. The average molecular weight is 445 g/mol. The summed E-state index contributed by atoms with van der Waals surface area (Å²) < 4.78 is 42.9. The fourth-order valence-corrected chi connectivity index (χ4v) is 4.34. The Morgan fingerprint density at radius 2 is 1.88 bits per heavy atom. The maximum Gasteiger partial charge on any atom is 0.431 e. The normalized spacial score (nSPS) is 17.2. The largest absolute Gasteiger partial charge is 0.431 e. The van der Waals surface area contributed by atoms with Gasteiger partial charge in [-0.15, -0.1) is 0 Å². The molecule has 32 heavy (non-hydrogen) atoms. The van der Waals surface area contributed by atoms with E-state index in [2.05, 4.69) is 14.9 Å². The van der Waals surface area contributed by atoms with Gasteiger partial charge in [0.2, 0.25) is 5.95 Å². The van der Waals surface area contributed by atoms with Crippen LogP contribution in [0.1, 0.15) is 29.7 Å². The minimum atomic E-state index is -4.61. The molecule has 2 aromatic heterocycles. The molecule has 1 aliphatic heterocycles. The van der Waals surface area contributed by atoms with E-state index in [1.54, 1.807) is 30.6 Å². The molecule has 1 aliphatic rings. The van der Waals surface area contributed by atoms with Gasteiger partial charge < -0.3 is 9.47 Å². The summed E-state index contributed by atoms with van der Waals surface area (Å²) in [6.45, 7) is 3.34. The van der Waals surface area contributed by atoms with Gasteiger partial charge in [0.1, 0.15) is 5.69 Å². The lowest BCUT2D eigenvalue weighted by Gasteiger charge is -2.28. The molecule has 3 heterocycles. The molecular formula is C23H26F3N5O. The predicted molar refractivity (Wildman–Crippen MR) is 118 cm³/mol. The summed E-state index contributed by atoms with van der Waals surface area (Å²) in [5, 5.41) is 0.315. The fourth-order valence-electron chi connectivity index (χ4n) is 4.34. The summed E-state index contributed by atoms with van der Waals surface area (Å²) in [4.78, 5) is 25.1. The molecule has 9 heteroatoms. The molecule has 4 rings (SSSR count). The van der Waals surface area contributed by atoms with E-state index in [0.29, 0.717) is 23.4 Å². The van der Waals surface area contributed by atoms with Crippen molar-refractivity contribution < 1.29 is 13.2 Å². The van der Waals surface area contributed by atoms with Crippen LogP contribution in [0.3, 0.4) is 0 Å². The van der Waals surface area contributed by atoms with Crippen molar-refractivity contribution in [3.8, 4) is 0 Å². The smallest absolute Gasteiger partial charge is 0.347 e. The lowest BCUT2D eigenvalue weighted by Crippen LogP contribution is -2.35. The maximum absolute atomic E-state index is 13.9. The van der Waals surface area contributed by atoms with Crippen molar-refractivity contribution in [2.45, 2.75) is 45.1 Å². The zero-order valence-corrected chi connectivity index (χ0v) is 18.4. The molecule has 1 atom stereocenters. The van der Waals surface area contributed by atoms with Crippen molar-refractivity contribution in [3.63, 3.8) is 0 Å². The lowest BCUT2D eigenvalue weighted by molar-refractivity contribution is -0.144. The van der Waals surface area contributed by atoms with Crippen LogP contribution in [0.4, 0.5) is 19.1 Å². The van der Waals surface area contributed by atoms with E-state index in [0.717, 1.165) is 36.6 Å². The van der Waals surface area contributed by atoms with Gasteiger partial charge in [-0.2, -0.15) is 13.2 Å². The van der Waals surface area contributed by atoms with Crippen molar-refractivity contribution >= 4 is 16.9 Å². The summed E-state index contributed by atoms with van der Waals surface area (Å²) in [6, 6.07) is 5.67. The zero-order chi connectivity index (χ0) is 23.0. The number of anilines is 1. The number of hydrogen-bond donors (Lipinski definition) is 0. The number of nitrogens with zero attached hydrogens (tertiary/aromatic N) is 5. The highest BCUT2D eigenvalue weighted by Crippen LogP contribution is 2.32. The Kier molecular flexibility index (Phi) is 5.94. The molecular weight excluding hydrogens is 419 g/mol. The highest BCUT2D eigenvalue weighted by atomic mass is 19.4. The van der Waals surface area contributed by atoms with Crippen LogP contribution in [0.25, 0.3) is 10.9 Å². The molecule has 170 valence electrons. The molecule has 0 N–H and O–H groups in total. The number of likely N-dealkylation sites (tertiary alicyclic amines) is 1. The van der Waals surface area contributed by atoms with Crippen LogP contribution in [0.15, 0.2) is 41.5 Å².